The molecule has 0 bridgehead atoms. The number of carbonyl (C=O) groups is 2. The summed E-state index contributed by atoms with van der Waals surface area (Å²) in [4.78, 5) is 34.0. The zero-order valence-corrected chi connectivity index (χ0v) is 20.7. The lowest BCUT2D eigenvalue weighted by molar-refractivity contribution is -0.133. The van der Waals surface area contributed by atoms with Crippen molar-refractivity contribution in [2.24, 2.45) is 0 Å². The number of aryl methyl sites for hydroxylation is 2. The molecule has 188 valence electrons. The van der Waals surface area contributed by atoms with Gasteiger partial charge in [-0.1, -0.05) is 17.3 Å². The Morgan fingerprint density at radius 2 is 1.69 bits per heavy atom. The van der Waals surface area contributed by atoms with Crippen LogP contribution in [0, 0.1) is 0 Å². The third kappa shape index (κ3) is 5.65. The van der Waals surface area contributed by atoms with Crippen molar-refractivity contribution in [3.05, 3.63) is 65.0 Å². The van der Waals surface area contributed by atoms with Gasteiger partial charge in [0.2, 0.25) is 17.6 Å². The van der Waals surface area contributed by atoms with Crippen molar-refractivity contribution in [3.8, 4) is 17.1 Å². The summed E-state index contributed by atoms with van der Waals surface area (Å²) in [5.74, 6) is 1.97. The second-order valence-electron chi connectivity index (χ2n) is 9.51. The van der Waals surface area contributed by atoms with E-state index in [1.165, 1.54) is 24.0 Å². The van der Waals surface area contributed by atoms with E-state index in [9.17, 15) is 9.59 Å². The number of fused-ring (bicyclic) bond motifs is 1. The first kappa shape index (κ1) is 24.2. The summed E-state index contributed by atoms with van der Waals surface area (Å²) in [7, 11) is 1.63. The first-order valence-electron chi connectivity index (χ1n) is 12.7. The van der Waals surface area contributed by atoms with Crippen LogP contribution in [0.3, 0.4) is 0 Å². The van der Waals surface area contributed by atoms with Crippen LogP contribution >= 0.6 is 0 Å². The van der Waals surface area contributed by atoms with Gasteiger partial charge in [-0.2, -0.15) is 4.98 Å². The maximum atomic E-state index is 12.7. The number of nitrogens with zero attached hydrogens (tertiary/aromatic N) is 4. The van der Waals surface area contributed by atoms with Crippen LogP contribution in [0.2, 0.25) is 0 Å². The van der Waals surface area contributed by atoms with Crippen molar-refractivity contribution in [2.45, 2.75) is 45.1 Å². The molecule has 3 aromatic rings. The molecule has 0 N–H and O–H groups in total. The molecule has 1 amide bonds. The maximum absolute atomic E-state index is 12.7. The Bertz CT molecular complexity index is 1210. The van der Waals surface area contributed by atoms with Gasteiger partial charge in [-0.15, -0.1) is 0 Å². The third-order valence-electron chi connectivity index (χ3n) is 7.14. The molecule has 0 spiro atoms. The highest BCUT2D eigenvalue weighted by Gasteiger charge is 2.23. The first-order valence-corrected chi connectivity index (χ1v) is 12.7. The average molecular weight is 489 g/mol. The van der Waals surface area contributed by atoms with Gasteiger partial charge in [-0.05, 0) is 67.1 Å². The minimum Gasteiger partial charge on any atom is -0.497 e. The van der Waals surface area contributed by atoms with E-state index in [-0.39, 0.29) is 24.5 Å². The van der Waals surface area contributed by atoms with E-state index in [0.29, 0.717) is 31.3 Å². The topological polar surface area (TPSA) is 88.8 Å². The highest BCUT2D eigenvalue weighted by molar-refractivity contribution is 5.98. The Morgan fingerprint density at radius 3 is 2.44 bits per heavy atom. The Morgan fingerprint density at radius 1 is 0.944 bits per heavy atom. The fraction of sp³-hybridized carbons (Fsp3) is 0.429. The minimum atomic E-state index is 0.0422. The molecule has 0 saturated carbocycles. The van der Waals surface area contributed by atoms with Gasteiger partial charge in [0, 0.05) is 50.1 Å². The lowest BCUT2D eigenvalue weighted by atomic mass is 9.89. The molecule has 1 saturated heterocycles. The summed E-state index contributed by atoms with van der Waals surface area (Å²) in [5, 5.41) is 4.09. The molecule has 8 nitrogen and oxygen atoms in total. The predicted octanol–water partition coefficient (Wildman–Crippen LogP) is 3.93. The van der Waals surface area contributed by atoms with Crippen molar-refractivity contribution < 1.29 is 18.8 Å². The minimum absolute atomic E-state index is 0.0422. The molecular weight excluding hydrogens is 456 g/mol. The number of carbonyl (C=O) groups excluding carboxylic acids is 2. The number of amides is 1. The monoisotopic (exact) mass is 488 g/mol. The van der Waals surface area contributed by atoms with Crippen LogP contribution in [0.4, 0.5) is 0 Å². The van der Waals surface area contributed by atoms with Crippen molar-refractivity contribution in [1.29, 1.82) is 0 Å². The Labute approximate surface area is 211 Å². The normalized spacial score (nSPS) is 16.0. The first-order chi connectivity index (χ1) is 17.6. The molecule has 8 heteroatoms. The summed E-state index contributed by atoms with van der Waals surface area (Å²) >= 11 is 0. The number of methoxy groups -OCH3 is 1. The van der Waals surface area contributed by atoms with Crippen molar-refractivity contribution in [3.63, 3.8) is 0 Å². The molecule has 1 aliphatic carbocycles. The van der Waals surface area contributed by atoms with Gasteiger partial charge >= 0.3 is 0 Å². The molecule has 0 atom stereocenters. The molecule has 0 unspecified atom stereocenters. The summed E-state index contributed by atoms with van der Waals surface area (Å²) in [6, 6.07) is 13.6. The fourth-order valence-electron chi connectivity index (χ4n) is 4.95. The van der Waals surface area contributed by atoms with Crippen LogP contribution in [-0.2, 0) is 24.2 Å². The van der Waals surface area contributed by atoms with Crippen LogP contribution in [0.1, 0.15) is 53.1 Å². The van der Waals surface area contributed by atoms with Gasteiger partial charge in [-0.25, -0.2) is 0 Å². The van der Waals surface area contributed by atoms with Crippen LogP contribution < -0.4 is 4.74 Å². The number of piperazine rings is 1. The number of rotatable bonds is 8. The quantitative estimate of drug-likeness (QED) is 0.444. The Kier molecular flexibility index (Phi) is 7.41. The molecule has 1 aromatic heterocycles. The molecule has 1 aliphatic heterocycles. The summed E-state index contributed by atoms with van der Waals surface area (Å²) in [5.41, 5.74) is 4.27. The number of hydrogen-bond donors (Lipinski definition) is 0. The van der Waals surface area contributed by atoms with Crippen LogP contribution in [0.25, 0.3) is 11.4 Å². The van der Waals surface area contributed by atoms with E-state index >= 15 is 0 Å². The number of hydrogen-bond acceptors (Lipinski definition) is 7. The lowest BCUT2D eigenvalue weighted by Gasteiger charge is -2.34. The maximum Gasteiger partial charge on any atom is 0.241 e. The van der Waals surface area contributed by atoms with E-state index in [2.05, 4.69) is 21.1 Å². The smallest absolute Gasteiger partial charge is 0.241 e. The highest BCUT2D eigenvalue weighted by atomic mass is 16.5. The van der Waals surface area contributed by atoms with E-state index in [4.69, 9.17) is 9.26 Å². The molecule has 1 fully saturated rings. The lowest BCUT2D eigenvalue weighted by Crippen LogP contribution is -2.48. The molecule has 36 heavy (non-hydrogen) atoms. The number of benzene rings is 2. The SMILES string of the molecule is COc1ccc(-c2noc(CN3CCN(C(=O)CCC(=O)c4ccc5c(c4)CCCC5)CC3)n2)cc1. The van der Waals surface area contributed by atoms with Crippen molar-refractivity contribution >= 4 is 11.7 Å². The molecule has 5 rings (SSSR count). The Balaban J connectivity index is 1.07. The largest absolute Gasteiger partial charge is 0.497 e. The van der Waals surface area contributed by atoms with Crippen molar-refractivity contribution in [1.82, 2.24) is 19.9 Å². The number of ketones is 1. The van der Waals surface area contributed by atoms with Gasteiger partial charge in [0.15, 0.2) is 5.78 Å². The Hall–Kier alpha value is -3.52. The zero-order chi connectivity index (χ0) is 24.9. The van der Waals surface area contributed by atoms with Gasteiger partial charge < -0.3 is 14.2 Å². The van der Waals surface area contributed by atoms with Gasteiger partial charge in [0.05, 0.1) is 13.7 Å². The van der Waals surface area contributed by atoms with Crippen LogP contribution in [-0.4, -0.2) is 64.9 Å². The van der Waals surface area contributed by atoms with E-state index in [1.807, 2.05) is 41.3 Å². The van der Waals surface area contributed by atoms with Crippen LogP contribution in [0.15, 0.2) is 47.0 Å². The van der Waals surface area contributed by atoms with E-state index in [0.717, 1.165) is 42.8 Å². The second kappa shape index (κ2) is 11.0. The predicted molar refractivity (Wildman–Crippen MR) is 135 cm³/mol. The molecule has 2 heterocycles. The van der Waals surface area contributed by atoms with E-state index in [1.54, 1.807) is 7.11 Å². The standard InChI is InChI=1S/C28H32N4O4/c1-35-24-10-8-21(9-11-24)28-29-26(36-30-28)19-31-14-16-32(17-15-31)27(34)13-12-25(33)23-7-6-20-4-2-3-5-22(20)18-23/h6-11,18H,2-5,12-17,19H2,1H3. The number of Topliss-reactive ketones (excluding diaryl/α,β-unsaturated/α-hetero) is 1. The van der Waals surface area contributed by atoms with Crippen LogP contribution in [0.5, 0.6) is 5.75 Å². The fourth-order valence-corrected chi connectivity index (χ4v) is 4.95. The molecular formula is C28H32N4O4. The summed E-state index contributed by atoms with van der Waals surface area (Å²) in [6.45, 7) is 3.26. The van der Waals surface area contributed by atoms with Crippen molar-refractivity contribution in [2.75, 3.05) is 33.3 Å². The molecule has 2 aliphatic rings. The second-order valence-corrected chi connectivity index (χ2v) is 9.51. The third-order valence-corrected chi connectivity index (χ3v) is 7.14. The molecule has 2 aromatic carbocycles. The van der Waals surface area contributed by atoms with Gasteiger partial charge in [0.1, 0.15) is 5.75 Å². The zero-order valence-electron chi connectivity index (χ0n) is 20.7. The average Bonchev–Trinajstić information content (AvgIpc) is 3.40. The molecule has 0 radical (unpaired) electrons. The summed E-state index contributed by atoms with van der Waals surface area (Å²) in [6.07, 6.45) is 5.07. The number of aromatic nitrogens is 2. The highest BCUT2D eigenvalue weighted by Crippen LogP contribution is 2.23. The van der Waals surface area contributed by atoms with Gasteiger partial charge in [0.25, 0.3) is 0 Å². The van der Waals surface area contributed by atoms with Gasteiger partial charge in [-0.3, -0.25) is 14.5 Å². The number of ether oxygens (including phenoxy) is 1. The van der Waals surface area contributed by atoms with E-state index < -0.39 is 0 Å². The summed E-state index contributed by atoms with van der Waals surface area (Å²) < 4.78 is 10.6.